The van der Waals surface area contributed by atoms with Crippen LogP contribution in [0, 0.1) is 5.41 Å². The molecule has 2 aromatic heterocycles. The van der Waals surface area contributed by atoms with E-state index in [1.165, 1.54) is 0 Å². The van der Waals surface area contributed by atoms with Gasteiger partial charge in [0.25, 0.3) is 0 Å². The van der Waals surface area contributed by atoms with Crippen molar-refractivity contribution in [2.75, 3.05) is 0 Å². The molecule has 0 aliphatic carbocycles. The fraction of sp³-hybridized carbons (Fsp3) is 0.0400. The molecule has 0 fully saturated rings. The van der Waals surface area contributed by atoms with E-state index in [9.17, 15) is 0 Å². The number of aromatic nitrogens is 3. The molecule has 146 valence electrons. The molecular weight excluding hydrogens is 392 g/mol. The van der Waals surface area contributed by atoms with Gasteiger partial charge in [0.1, 0.15) is 0 Å². The van der Waals surface area contributed by atoms with E-state index in [0.717, 1.165) is 33.5 Å². The van der Waals surface area contributed by atoms with E-state index >= 15 is 0 Å². The van der Waals surface area contributed by atoms with Gasteiger partial charge in [0.05, 0.1) is 23.3 Å². The Morgan fingerprint density at radius 2 is 1.47 bits per heavy atom. The van der Waals surface area contributed by atoms with Crippen molar-refractivity contribution < 1.29 is 0 Å². The average Bonchev–Trinajstić information content (AvgIpc) is 3.07. The van der Waals surface area contributed by atoms with Crippen molar-refractivity contribution in [3.8, 4) is 16.9 Å². The molecule has 0 aliphatic heterocycles. The summed E-state index contributed by atoms with van der Waals surface area (Å²) in [6.45, 7) is 0.540. The Kier molecular flexibility index (Phi) is 4.69. The molecule has 1 N–H and O–H groups in total. The van der Waals surface area contributed by atoms with Crippen LogP contribution in [-0.4, -0.2) is 14.1 Å². The van der Waals surface area contributed by atoms with Crippen molar-refractivity contribution in [3.05, 3.63) is 113 Å². The highest BCUT2D eigenvalue weighted by Gasteiger charge is 2.13. The number of para-hydroxylation sites is 2. The maximum absolute atomic E-state index is 8.92. The maximum Gasteiger partial charge on any atom is 0.208 e. The molecule has 0 amide bonds. The van der Waals surface area contributed by atoms with Gasteiger partial charge in [0.2, 0.25) is 5.62 Å². The number of benzene rings is 3. The Balaban J connectivity index is 1.63. The molecule has 30 heavy (non-hydrogen) atoms. The largest absolute Gasteiger partial charge is 0.306 e. The summed E-state index contributed by atoms with van der Waals surface area (Å²) in [5.74, 6) is 0. The molecule has 0 radical (unpaired) electrons. The van der Waals surface area contributed by atoms with Gasteiger partial charge in [-0.2, -0.15) is 0 Å². The number of hydrogen-bond acceptors (Lipinski definition) is 2. The SMILES string of the molecule is N=c1n(Cc2ccccc2Cl)c2ccccc2n1-c1ccc(-c2ccccn2)cc1. The first-order valence-corrected chi connectivity index (χ1v) is 10.1. The van der Waals surface area contributed by atoms with E-state index < -0.39 is 0 Å². The molecule has 2 heterocycles. The number of nitrogens with one attached hydrogen (secondary N) is 1. The molecule has 5 rings (SSSR count). The van der Waals surface area contributed by atoms with Gasteiger partial charge in [0.15, 0.2) is 0 Å². The maximum atomic E-state index is 8.92. The fourth-order valence-electron chi connectivity index (χ4n) is 3.76. The minimum Gasteiger partial charge on any atom is -0.306 e. The molecule has 0 spiro atoms. The summed E-state index contributed by atoms with van der Waals surface area (Å²) >= 11 is 6.39. The summed E-state index contributed by atoms with van der Waals surface area (Å²) in [5.41, 5.74) is 6.30. The lowest BCUT2D eigenvalue weighted by Crippen LogP contribution is -2.24. The first kappa shape index (κ1) is 18.4. The zero-order chi connectivity index (χ0) is 20.5. The zero-order valence-electron chi connectivity index (χ0n) is 16.2. The Morgan fingerprint density at radius 1 is 0.767 bits per heavy atom. The minimum atomic E-state index is 0.404. The monoisotopic (exact) mass is 410 g/mol. The predicted octanol–water partition coefficient (Wildman–Crippen LogP) is 5.68. The molecule has 0 saturated carbocycles. The lowest BCUT2D eigenvalue weighted by molar-refractivity contribution is 0.724. The second-order valence-electron chi connectivity index (χ2n) is 7.09. The topological polar surface area (TPSA) is 46.6 Å². The lowest BCUT2D eigenvalue weighted by Gasteiger charge is -2.08. The predicted molar refractivity (Wildman–Crippen MR) is 121 cm³/mol. The summed E-state index contributed by atoms with van der Waals surface area (Å²) < 4.78 is 3.96. The molecule has 5 heteroatoms. The Bertz CT molecular complexity index is 1380. The second kappa shape index (κ2) is 7.65. The van der Waals surface area contributed by atoms with Gasteiger partial charge in [-0.15, -0.1) is 0 Å². The third-order valence-electron chi connectivity index (χ3n) is 5.25. The molecule has 0 aliphatic rings. The highest BCUT2D eigenvalue weighted by atomic mass is 35.5. The van der Waals surface area contributed by atoms with E-state index in [2.05, 4.69) is 4.98 Å². The summed E-state index contributed by atoms with van der Waals surface area (Å²) in [4.78, 5) is 4.42. The van der Waals surface area contributed by atoms with Crippen LogP contribution in [0.15, 0.2) is 97.2 Å². The zero-order valence-corrected chi connectivity index (χ0v) is 16.9. The molecule has 0 saturated heterocycles. The van der Waals surface area contributed by atoms with Gasteiger partial charge in [-0.1, -0.05) is 60.1 Å². The van der Waals surface area contributed by atoms with Crippen LogP contribution in [0.5, 0.6) is 0 Å². The summed E-state index contributed by atoms with van der Waals surface area (Å²) in [5, 5.41) is 9.63. The first-order chi connectivity index (χ1) is 14.7. The second-order valence-corrected chi connectivity index (χ2v) is 7.49. The van der Waals surface area contributed by atoms with E-state index in [-0.39, 0.29) is 0 Å². The van der Waals surface area contributed by atoms with Crippen LogP contribution in [0.3, 0.4) is 0 Å². The van der Waals surface area contributed by atoms with Crippen molar-refractivity contribution in [2.24, 2.45) is 0 Å². The van der Waals surface area contributed by atoms with E-state index in [4.69, 9.17) is 17.0 Å². The van der Waals surface area contributed by atoms with Gasteiger partial charge in [-0.25, -0.2) is 0 Å². The van der Waals surface area contributed by atoms with Crippen LogP contribution < -0.4 is 5.62 Å². The van der Waals surface area contributed by atoms with Gasteiger partial charge in [-0.3, -0.25) is 15.0 Å². The molecular formula is C25H19ClN4. The summed E-state index contributed by atoms with van der Waals surface area (Å²) in [6.07, 6.45) is 1.79. The number of hydrogen-bond donors (Lipinski definition) is 1. The average molecular weight is 411 g/mol. The van der Waals surface area contributed by atoms with Crippen LogP contribution in [0.2, 0.25) is 5.02 Å². The third-order valence-corrected chi connectivity index (χ3v) is 5.62. The first-order valence-electron chi connectivity index (χ1n) is 9.72. The van der Waals surface area contributed by atoms with Gasteiger partial charge in [0, 0.05) is 22.5 Å². The van der Waals surface area contributed by atoms with Crippen molar-refractivity contribution in [1.82, 2.24) is 14.1 Å². The van der Waals surface area contributed by atoms with E-state index in [1.807, 2.05) is 100 Å². The lowest BCUT2D eigenvalue weighted by atomic mass is 10.1. The van der Waals surface area contributed by atoms with Crippen LogP contribution in [0.25, 0.3) is 28.0 Å². The molecule has 0 bridgehead atoms. The Morgan fingerprint density at radius 3 is 2.20 bits per heavy atom. The molecule has 4 nitrogen and oxygen atoms in total. The molecule has 0 unspecified atom stereocenters. The van der Waals surface area contributed by atoms with Gasteiger partial charge < -0.3 is 4.57 Å². The van der Waals surface area contributed by atoms with Crippen LogP contribution in [-0.2, 0) is 6.54 Å². The molecule has 0 atom stereocenters. The smallest absolute Gasteiger partial charge is 0.208 e. The number of fused-ring (bicyclic) bond motifs is 1. The van der Waals surface area contributed by atoms with Crippen molar-refractivity contribution in [3.63, 3.8) is 0 Å². The van der Waals surface area contributed by atoms with Crippen LogP contribution in [0.4, 0.5) is 0 Å². The number of pyridine rings is 1. The number of halogens is 1. The van der Waals surface area contributed by atoms with Crippen LogP contribution >= 0.6 is 11.6 Å². The van der Waals surface area contributed by atoms with Crippen molar-refractivity contribution in [2.45, 2.75) is 6.54 Å². The van der Waals surface area contributed by atoms with Gasteiger partial charge in [-0.05, 0) is 48.0 Å². The number of rotatable bonds is 4. The number of nitrogens with zero attached hydrogens (tertiary/aromatic N) is 3. The third kappa shape index (κ3) is 3.21. The number of imidazole rings is 1. The molecule has 5 aromatic rings. The van der Waals surface area contributed by atoms with Gasteiger partial charge >= 0.3 is 0 Å². The highest BCUT2D eigenvalue weighted by Crippen LogP contribution is 2.23. The fourth-order valence-corrected chi connectivity index (χ4v) is 3.96. The summed E-state index contributed by atoms with van der Waals surface area (Å²) in [7, 11) is 0. The standard InChI is InChI=1S/C25H19ClN4/c26-21-8-2-1-7-19(21)17-29-23-10-3-4-11-24(23)30(25(29)27)20-14-12-18(13-15-20)22-9-5-6-16-28-22/h1-16,27H,17H2. The van der Waals surface area contributed by atoms with E-state index in [0.29, 0.717) is 17.2 Å². The normalized spacial score (nSPS) is 11.1. The van der Waals surface area contributed by atoms with Crippen LogP contribution in [0.1, 0.15) is 5.56 Å². The Hall–Kier alpha value is -3.63. The quantitative estimate of drug-likeness (QED) is 0.407. The molecule has 3 aromatic carbocycles. The highest BCUT2D eigenvalue weighted by molar-refractivity contribution is 6.31. The van der Waals surface area contributed by atoms with Crippen molar-refractivity contribution >= 4 is 22.6 Å². The van der Waals surface area contributed by atoms with Crippen molar-refractivity contribution in [1.29, 1.82) is 5.41 Å². The Labute approximate surface area is 179 Å². The summed E-state index contributed by atoms with van der Waals surface area (Å²) in [6, 6.07) is 29.9. The minimum absolute atomic E-state index is 0.404. The van der Waals surface area contributed by atoms with E-state index in [1.54, 1.807) is 6.20 Å².